The third-order valence-corrected chi connectivity index (χ3v) is 15.0. The first kappa shape index (κ1) is 55.3. The lowest BCUT2D eigenvalue weighted by molar-refractivity contribution is -0.386. The van der Waals surface area contributed by atoms with Gasteiger partial charge in [0.05, 0.1) is 57.3 Å². The van der Waals surface area contributed by atoms with Gasteiger partial charge in [-0.3, -0.25) is 38.7 Å². The highest BCUT2D eigenvalue weighted by atomic mass is 32.2. The van der Waals surface area contributed by atoms with Crippen molar-refractivity contribution in [2.24, 2.45) is 0 Å². The molecule has 0 aliphatic carbocycles. The highest BCUT2D eigenvalue weighted by molar-refractivity contribution is 7.85. The highest BCUT2D eigenvalue weighted by Gasteiger charge is 2.40. The Morgan fingerprint density at radius 3 is 1.51 bits per heavy atom. The van der Waals surface area contributed by atoms with Gasteiger partial charge in [0.1, 0.15) is 22.7 Å². The van der Waals surface area contributed by atoms with Gasteiger partial charge < -0.3 is 14.8 Å². The minimum Gasteiger partial charge on any atom is -0.487 e. The molecule has 4 aliphatic heterocycles. The number of nitrogens with zero attached hydrogens (tertiary/aromatic N) is 7. The molecule has 2 saturated heterocycles. The van der Waals surface area contributed by atoms with Crippen molar-refractivity contribution in [3.05, 3.63) is 150 Å². The van der Waals surface area contributed by atoms with Gasteiger partial charge in [-0.2, -0.15) is 18.6 Å². The summed E-state index contributed by atoms with van der Waals surface area (Å²) < 4.78 is 43.6. The van der Waals surface area contributed by atoms with E-state index in [-0.39, 0.29) is 41.5 Å². The fourth-order valence-corrected chi connectivity index (χ4v) is 10.9. The van der Waals surface area contributed by atoms with Crippen molar-refractivity contribution < 1.29 is 31.9 Å². The van der Waals surface area contributed by atoms with Crippen molar-refractivity contribution in [2.75, 3.05) is 32.4 Å². The molecule has 0 atom stereocenters. The summed E-state index contributed by atoms with van der Waals surface area (Å²) in [7, 11) is -3.70. The second kappa shape index (κ2) is 22.6. The number of benzene rings is 4. The van der Waals surface area contributed by atoms with Crippen LogP contribution in [0.4, 0.5) is 11.4 Å². The zero-order valence-electron chi connectivity index (χ0n) is 43.4. The molecule has 74 heavy (non-hydrogen) atoms. The summed E-state index contributed by atoms with van der Waals surface area (Å²) in [6.07, 6.45) is 10.6. The molecule has 6 aromatic rings. The molecule has 0 saturated carbocycles. The molecule has 0 radical (unpaired) electrons. The Balaban J connectivity index is 0.000000173. The maximum absolute atomic E-state index is 12.1. The van der Waals surface area contributed by atoms with Crippen LogP contribution in [0.1, 0.15) is 117 Å². The van der Waals surface area contributed by atoms with E-state index in [4.69, 9.17) is 23.9 Å². The molecule has 0 unspecified atom stereocenters. The van der Waals surface area contributed by atoms with E-state index >= 15 is 0 Å². The Hall–Kier alpha value is -6.47. The fourth-order valence-electron chi connectivity index (χ4n) is 10.5. The smallest absolute Gasteiger partial charge is 0.278 e. The number of ether oxygens (including phenoxy) is 2. The van der Waals surface area contributed by atoms with Crippen LogP contribution in [0.25, 0.3) is 22.5 Å². The first-order valence-corrected chi connectivity index (χ1v) is 26.9. The van der Waals surface area contributed by atoms with Gasteiger partial charge in [-0.25, -0.2) is 0 Å². The molecule has 6 heterocycles. The lowest BCUT2D eigenvalue weighted by Crippen LogP contribution is -2.35. The molecular formula is C56H72N8O9S. The van der Waals surface area contributed by atoms with Gasteiger partial charge in [-0.15, -0.1) is 0 Å². The summed E-state index contributed by atoms with van der Waals surface area (Å²) in [6.45, 7) is 19.2. The van der Waals surface area contributed by atoms with Gasteiger partial charge in [0, 0.05) is 89.4 Å². The van der Waals surface area contributed by atoms with Gasteiger partial charge in [-0.1, -0.05) is 68.1 Å². The van der Waals surface area contributed by atoms with Crippen LogP contribution < -0.4 is 14.8 Å². The molecule has 2 aromatic heterocycles. The average Bonchev–Trinajstić information content (AvgIpc) is 4.18. The fraction of sp³-hybridized carbons (Fsp3) is 0.464. The number of rotatable bonds is 11. The maximum Gasteiger partial charge on any atom is 0.278 e. The minimum absolute atomic E-state index is 0. The first-order chi connectivity index (χ1) is 34.6. The number of hydrogen-bond donors (Lipinski definition) is 1. The number of fused-ring (bicyclic) bond motifs is 2. The summed E-state index contributed by atoms with van der Waals surface area (Å²) in [5.41, 5.74) is 9.28. The molecule has 18 heteroatoms. The minimum atomic E-state index is -3.70. The van der Waals surface area contributed by atoms with Crippen LogP contribution in [0.5, 0.6) is 11.5 Å². The molecule has 4 aliphatic rings. The van der Waals surface area contributed by atoms with Gasteiger partial charge in [0.25, 0.3) is 21.5 Å². The zero-order valence-corrected chi connectivity index (χ0v) is 44.3. The first-order valence-electron chi connectivity index (χ1n) is 25.0. The molecule has 0 spiro atoms. The largest absolute Gasteiger partial charge is 0.487 e. The van der Waals surface area contributed by atoms with Crippen LogP contribution in [0, 0.1) is 47.9 Å². The number of nitro benzene ring substituents is 2. The zero-order chi connectivity index (χ0) is 52.4. The Morgan fingerprint density at radius 2 is 1.08 bits per heavy atom. The number of nitrogens with one attached hydrogen (secondary N) is 1. The predicted molar refractivity (Wildman–Crippen MR) is 288 cm³/mol. The number of nitro groups is 2. The molecule has 0 bridgehead atoms. The van der Waals surface area contributed by atoms with E-state index in [0.717, 1.165) is 90.2 Å². The summed E-state index contributed by atoms with van der Waals surface area (Å²) in [5, 5.41) is 36.4. The van der Waals surface area contributed by atoms with Crippen LogP contribution in [0.3, 0.4) is 0 Å². The Labute approximate surface area is 435 Å². The molecule has 2 fully saturated rings. The van der Waals surface area contributed by atoms with E-state index in [2.05, 4.69) is 94.4 Å². The second-order valence-corrected chi connectivity index (χ2v) is 22.6. The van der Waals surface area contributed by atoms with Gasteiger partial charge in [0.15, 0.2) is 0 Å². The molecule has 1 N–H and O–H groups in total. The third-order valence-electron chi connectivity index (χ3n) is 14.5. The summed E-state index contributed by atoms with van der Waals surface area (Å²) in [6, 6.07) is 25.7. The van der Waals surface area contributed by atoms with Gasteiger partial charge in [0.2, 0.25) is 0 Å². The van der Waals surface area contributed by atoms with Crippen molar-refractivity contribution in [2.45, 2.75) is 138 Å². The van der Waals surface area contributed by atoms with Crippen molar-refractivity contribution in [1.29, 1.82) is 0 Å². The van der Waals surface area contributed by atoms with E-state index in [9.17, 15) is 28.6 Å². The molecule has 0 amide bonds. The van der Waals surface area contributed by atoms with Crippen molar-refractivity contribution in [3.8, 4) is 34.0 Å². The summed E-state index contributed by atoms with van der Waals surface area (Å²) in [5.74, 6) is 1.45. The van der Waals surface area contributed by atoms with Crippen molar-refractivity contribution in [1.82, 2.24) is 29.8 Å². The highest BCUT2D eigenvalue weighted by Crippen LogP contribution is 2.47. The van der Waals surface area contributed by atoms with Crippen LogP contribution >= 0.6 is 0 Å². The third kappa shape index (κ3) is 12.5. The lowest BCUT2D eigenvalue weighted by Gasteiger charge is -2.32. The molecular weight excluding hydrogens is 961 g/mol. The van der Waals surface area contributed by atoms with E-state index in [1.54, 1.807) is 13.8 Å². The van der Waals surface area contributed by atoms with E-state index in [1.807, 2.05) is 52.0 Å². The number of piperidine rings is 2. The predicted octanol–water partition coefficient (Wildman–Crippen LogP) is 11.1. The normalized spacial score (nSPS) is 17.0. The van der Waals surface area contributed by atoms with Crippen LogP contribution in [-0.2, 0) is 40.3 Å². The van der Waals surface area contributed by atoms with Crippen molar-refractivity contribution >= 4 is 21.5 Å². The van der Waals surface area contributed by atoms with Gasteiger partial charge in [-0.05, 0) is 106 Å². The monoisotopic (exact) mass is 1030 g/mol. The van der Waals surface area contributed by atoms with Crippen molar-refractivity contribution in [3.63, 3.8) is 0 Å². The van der Waals surface area contributed by atoms with Crippen LogP contribution in [-0.4, -0.2) is 86.4 Å². The summed E-state index contributed by atoms with van der Waals surface area (Å²) >= 11 is 0. The quantitative estimate of drug-likeness (QED) is 0.0731. The van der Waals surface area contributed by atoms with Crippen LogP contribution in [0.15, 0.2) is 85.2 Å². The number of hydrogen-bond acceptors (Lipinski definition) is 13. The number of aromatic nitrogens is 4. The SMILES string of the molecule is C.Cc1c(C)c([N+](=O)[O-])c(CN2CCC(n3ccc(-c4ccccc4)n3)CC2)c2c1OC(C)(C)C2.Cc1c(C)c([N+](=O)[O-])c(COS(C)(=O)=O)c2c1OC(C)(C)C2.c1ccc(-c2ccn(C3CCNCC3)n2)cc1. The van der Waals surface area contributed by atoms with E-state index in [0.29, 0.717) is 53.9 Å². The Bertz CT molecular complexity index is 3080. The number of likely N-dealkylation sites (tertiary alicyclic amines) is 1. The van der Waals surface area contributed by atoms with Gasteiger partial charge >= 0.3 is 0 Å². The lowest BCUT2D eigenvalue weighted by atomic mass is 9.91. The Morgan fingerprint density at radius 1 is 0.662 bits per heavy atom. The summed E-state index contributed by atoms with van der Waals surface area (Å²) in [4.78, 5) is 25.2. The second-order valence-electron chi connectivity index (χ2n) is 20.9. The Kier molecular flexibility index (Phi) is 16.9. The van der Waals surface area contributed by atoms with E-state index < -0.39 is 20.6 Å². The maximum atomic E-state index is 12.1. The molecule has 396 valence electrons. The standard InChI is InChI=1S/C27H32N4O3.C14H17N3.C14H19NO6S.CH4/c1-18-19(2)26-22(16-27(3,4)34-26)23(25(18)31(32)33)17-29-13-10-21(11-14-29)30-15-12-24(28-30)20-8-6-5-7-9-20;1-2-4-12(5-3-1)14-8-11-17(16-14)13-6-9-15-10-7-13;1-8-9(2)13-10(6-14(3,4)21-13)11(12(8)15(16)17)7-20-22(5,18)19;/h5-9,12,15,21H,10-11,13-14,16-17H2,1-4H3;1-5,8,11,13,15H,6-7,9-10H2;6-7H2,1-5H3;1H4. The van der Waals surface area contributed by atoms with Crippen LogP contribution in [0.2, 0.25) is 0 Å². The average molecular weight is 1030 g/mol. The molecule has 10 rings (SSSR count). The topological polar surface area (TPSA) is 199 Å². The molecule has 17 nitrogen and oxygen atoms in total. The molecule has 4 aromatic carbocycles. The van der Waals surface area contributed by atoms with E-state index in [1.165, 1.54) is 18.4 Å².